The van der Waals surface area contributed by atoms with Gasteiger partial charge in [-0.2, -0.15) is 0 Å². The molecular weight excluding hydrogens is 242 g/mol. The molecule has 0 radical (unpaired) electrons. The van der Waals surface area contributed by atoms with Gasteiger partial charge in [-0.15, -0.1) is 10.2 Å². The zero-order valence-electron chi connectivity index (χ0n) is 11.1. The Bertz CT molecular complexity index is 505. The van der Waals surface area contributed by atoms with E-state index in [1.165, 1.54) is 0 Å². The van der Waals surface area contributed by atoms with Crippen LogP contribution in [0.3, 0.4) is 0 Å². The summed E-state index contributed by atoms with van der Waals surface area (Å²) < 4.78 is 0. The molecule has 0 aliphatic carbocycles. The molecule has 0 fully saturated rings. The van der Waals surface area contributed by atoms with Gasteiger partial charge in [0.25, 0.3) is 0 Å². The van der Waals surface area contributed by atoms with E-state index in [1.54, 1.807) is 11.3 Å². The quantitative estimate of drug-likeness (QED) is 0.919. The molecule has 0 aliphatic rings. The highest BCUT2D eigenvalue weighted by Crippen LogP contribution is 2.32. The van der Waals surface area contributed by atoms with Crippen LogP contribution in [0.5, 0.6) is 0 Å². The Morgan fingerprint density at radius 3 is 2.50 bits per heavy atom. The second-order valence-corrected chi connectivity index (χ2v) is 6.08. The molecule has 1 aromatic heterocycles. The Hall–Kier alpha value is -1.26. The maximum absolute atomic E-state index is 6.22. The van der Waals surface area contributed by atoms with E-state index in [0.29, 0.717) is 0 Å². The molecule has 96 valence electrons. The summed E-state index contributed by atoms with van der Waals surface area (Å²) in [5.74, 6) is 0. The third-order valence-corrected chi connectivity index (χ3v) is 4.70. The van der Waals surface area contributed by atoms with Crippen LogP contribution in [0.1, 0.15) is 48.8 Å². The van der Waals surface area contributed by atoms with Crippen molar-refractivity contribution in [1.82, 2.24) is 10.2 Å². The minimum absolute atomic E-state index is 0.0757. The summed E-state index contributed by atoms with van der Waals surface area (Å²) in [6.45, 7) is 6.54. The fourth-order valence-corrected chi connectivity index (χ4v) is 2.63. The number of hydrogen-bond acceptors (Lipinski definition) is 4. The molecule has 1 atom stereocenters. The number of aromatic nitrogens is 2. The first-order valence-electron chi connectivity index (χ1n) is 6.19. The van der Waals surface area contributed by atoms with Crippen molar-refractivity contribution in [2.75, 3.05) is 0 Å². The fraction of sp³-hybridized carbons (Fsp3) is 0.429. The number of benzene rings is 1. The number of nitrogens with zero attached hydrogens (tertiary/aromatic N) is 2. The van der Waals surface area contributed by atoms with Crippen molar-refractivity contribution < 1.29 is 0 Å². The first-order chi connectivity index (χ1) is 8.54. The molecule has 2 N–H and O–H groups in total. The summed E-state index contributed by atoms with van der Waals surface area (Å²) in [5.41, 5.74) is 7.38. The van der Waals surface area contributed by atoms with E-state index in [1.807, 2.05) is 30.3 Å². The van der Waals surface area contributed by atoms with Crippen molar-refractivity contribution in [3.05, 3.63) is 45.9 Å². The summed E-state index contributed by atoms with van der Waals surface area (Å²) in [6, 6.07) is 9.85. The van der Waals surface area contributed by atoms with Crippen LogP contribution in [-0.4, -0.2) is 10.2 Å². The highest BCUT2D eigenvalue weighted by Gasteiger charge is 2.24. The first kappa shape index (κ1) is 13.2. The average molecular weight is 261 g/mol. The summed E-state index contributed by atoms with van der Waals surface area (Å²) in [4.78, 5) is 0. The lowest BCUT2D eigenvalue weighted by Crippen LogP contribution is -2.14. The molecule has 1 aromatic carbocycles. The van der Waals surface area contributed by atoms with Crippen molar-refractivity contribution in [3.8, 4) is 0 Å². The van der Waals surface area contributed by atoms with E-state index in [9.17, 15) is 0 Å². The van der Waals surface area contributed by atoms with Gasteiger partial charge in [0.1, 0.15) is 10.0 Å². The van der Waals surface area contributed by atoms with Crippen LogP contribution in [0.4, 0.5) is 0 Å². The van der Waals surface area contributed by atoms with Crippen LogP contribution >= 0.6 is 11.3 Å². The molecule has 18 heavy (non-hydrogen) atoms. The molecule has 3 nitrogen and oxygen atoms in total. The Balaban J connectivity index is 2.26. The van der Waals surface area contributed by atoms with Gasteiger partial charge in [0, 0.05) is 5.41 Å². The zero-order chi connectivity index (χ0) is 13.2. The van der Waals surface area contributed by atoms with Crippen LogP contribution in [0.25, 0.3) is 0 Å². The molecule has 2 aromatic rings. The fourth-order valence-electron chi connectivity index (χ4n) is 1.59. The number of nitrogens with two attached hydrogens (primary N) is 1. The maximum atomic E-state index is 6.22. The van der Waals surface area contributed by atoms with Gasteiger partial charge in [-0.3, -0.25) is 0 Å². The van der Waals surface area contributed by atoms with Gasteiger partial charge < -0.3 is 5.73 Å². The average Bonchev–Trinajstić information content (AvgIpc) is 2.89. The van der Waals surface area contributed by atoms with E-state index in [-0.39, 0.29) is 11.5 Å². The SMILES string of the molecule is CCC(C)(C)c1nnc(C(N)c2ccccc2)s1. The van der Waals surface area contributed by atoms with E-state index >= 15 is 0 Å². The molecule has 0 spiro atoms. The van der Waals surface area contributed by atoms with Gasteiger partial charge in [-0.1, -0.05) is 62.4 Å². The standard InChI is InChI=1S/C14H19N3S/c1-4-14(2,3)13-17-16-12(18-13)11(15)10-8-6-5-7-9-10/h5-9,11H,4,15H2,1-3H3. The number of rotatable bonds is 4. The Labute approximate surface area is 112 Å². The maximum Gasteiger partial charge on any atom is 0.138 e. The van der Waals surface area contributed by atoms with Crippen LogP contribution in [0.15, 0.2) is 30.3 Å². The third kappa shape index (κ3) is 2.60. The molecule has 0 bridgehead atoms. The lowest BCUT2D eigenvalue weighted by atomic mass is 9.91. The van der Waals surface area contributed by atoms with Gasteiger partial charge in [0.2, 0.25) is 0 Å². The van der Waals surface area contributed by atoms with E-state index in [0.717, 1.165) is 22.0 Å². The second kappa shape index (κ2) is 5.16. The van der Waals surface area contributed by atoms with Crippen LogP contribution in [0.2, 0.25) is 0 Å². The molecule has 0 saturated heterocycles. The largest absolute Gasteiger partial charge is 0.318 e. The van der Waals surface area contributed by atoms with Gasteiger partial charge in [0.05, 0.1) is 6.04 Å². The third-order valence-electron chi connectivity index (χ3n) is 3.33. The minimum atomic E-state index is -0.176. The van der Waals surface area contributed by atoms with E-state index < -0.39 is 0 Å². The Morgan fingerprint density at radius 1 is 1.22 bits per heavy atom. The van der Waals surface area contributed by atoms with Gasteiger partial charge in [0.15, 0.2) is 0 Å². The molecule has 2 rings (SSSR count). The lowest BCUT2D eigenvalue weighted by molar-refractivity contribution is 0.498. The minimum Gasteiger partial charge on any atom is -0.318 e. The molecule has 1 unspecified atom stereocenters. The molecule has 0 saturated carbocycles. The predicted molar refractivity (Wildman–Crippen MR) is 75.7 cm³/mol. The first-order valence-corrected chi connectivity index (χ1v) is 7.00. The second-order valence-electron chi connectivity index (χ2n) is 5.07. The number of hydrogen-bond donors (Lipinski definition) is 1. The van der Waals surface area contributed by atoms with Gasteiger partial charge >= 0.3 is 0 Å². The van der Waals surface area contributed by atoms with Crippen molar-refractivity contribution >= 4 is 11.3 Å². The van der Waals surface area contributed by atoms with E-state index in [4.69, 9.17) is 5.73 Å². The van der Waals surface area contributed by atoms with Crippen LogP contribution in [0, 0.1) is 0 Å². The summed E-state index contributed by atoms with van der Waals surface area (Å²) >= 11 is 1.62. The van der Waals surface area contributed by atoms with Gasteiger partial charge in [-0.25, -0.2) is 0 Å². The van der Waals surface area contributed by atoms with Crippen molar-refractivity contribution in [2.24, 2.45) is 5.73 Å². The Kier molecular flexibility index (Phi) is 3.78. The smallest absolute Gasteiger partial charge is 0.138 e. The van der Waals surface area contributed by atoms with Crippen molar-refractivity contribution in [3.63, 3.8) is 0 Å². The molecule has 1 heterocycles. The van der Waals surface area contributed by atoms with Gasteiger partial charge in [-0.05, 0) is 12.0 Å². The summed E-state index contributed by atoms with van der Waals surface area (Å²) in [7, 11) is 0. The topological polar surface area (TPSA) is 51.8 Å². The monoisotopic (exact) mass is 261 g/mol. The highest BCUT2D eigenvalue weighted by molar-refractivity contribution is 7.11. The molecule has 0 aliphatic heterocycles. The summed E-state index contributed by atoms with van der Waals surface area (Å²) in [6.07, 6.45) is 1.04. The molecule has 0 amide bonds. The molecular formula is C14H19N3S. The van der Waals surface area contributed by atoms with Crippen LogP contribution < -0.4 is 5.73 Å². The van der Waals surface area contributed by atoms with Crippen molar-refractivity contribution in [1.29, 1.82) is 0 Å². The predicted octanol–water partition coefficient (Wildman–Crippen LogP) is 3.27. The zero-order valence-corrected chi connectivity index (χ0v) is 11.9. The van der Waals surface area contributed by atoms with Crippen LogP contribution in [-0.2, 0) is 5.41 Å². The normalized spacial score (nSPS) is 13.6. The molecule has 4 heteroatoms. The highest BCUT2D eigenvalue weighted by atomic mass is 32.1. The Morgan fingerprint density at radius 2 is 1.89 bits per heavy atom. The summed E-state index contributed by atoms with van der Waals surface area (Å²) in [5, 5.41) is 10.5. The lowest BCUT2D eigenvalue weighted by Gasteiger charge is -2.17. The van der Waals surface area contributed by atoms with E-state index in [2.05, 4.69) is 31.0 Å². The van der Waals surface area contributed by atoms with Crippen molar-refractivity contribution in [2.45, 2.75) is 38.6 Å².